The van der Waals surface area contributed by atoms with Gasteiger partial charge in [-0.2, -0.15) is 5.26 Å². The van der Waals surface area contributed by atoms with Crippen molar-refractivity contribution < 1.29 is 4.39 Å². The molecule has 17 heavy (non-hydrogen) atoms. The van der Waals surface area contributed by atoms with Crippen molar-refractivity contribution in [2.75, 3.05) is 0 Å². The zero-order valence-electron chi connectivity index (χ0n) is 9.99. The summed E-state index contributed by atoms with van der Waals surface area (Å²) in [6.45, 7) is 2.06. The minimum Gasteiger partial charge on any atom is -0.306 e. The van der Waals surface area contributed by atoms with Gasteiger partial charge < -0.3 is 5.32 Å². The molecule has 0 saturated heterocycles. The van der Waals surface area contributed by atoms with Crippen LogP contribution < -0.4 is 5.32 Å². The minimum absolute atomic E-state index is 0.123. The number of benzene rings is 1. The summed E-state index contributed by atoms with van der Waals surface area (Å²) in [4.78, 5) is 0. The predicted molar refractivity (Wildman–Crippen MR) is 64.7 cm³/mol. The second-order valence-electron chi connectivity index (χ2n) is 4.71. The van der Waals surface area contributed by atoms with Gasteiger partial charge in [-0.1, -0.05) is 18.6 Å². The molecular weight excluding hydrogens is 215 g/mol. The molecule has 2 rings (SSSR count). The molecular formula is C14H17FN2. The number of nitriles is 1. The molecule has 2 nitrogen and oxygen atoms in total. The van der Waals surface area contributed by atoms with Gasteiger partial charge in [0.1, 0.15) is 5.82 Å². The van der Waals surface area contributed by atoms with E-state index in [9.17, 15) is 4.39 Å². The standard InChI is InChI=1S/C14H17FN2/c1-10(11-5-7-13(15)8-6-11)17-14-4-2-3-12(14)9-16/h5-8,10,12,14,17H,2-4H2,1H3/t10-,12?,14?/m1/s1. The van der Waals surface area contributed by atoms with E-state index in [1.54, 1.807) is 12.1 Å². The summed E-state index contributed by atoms with van der Waals surface area (Å²) in [7, 11) is 0. The average Bonchev–Trinajstić information content (AvgIpc) is 2.77. The van der Waals surface area contributed by atoms with Crippen LogP contribution in [0.25, 0.3) is 0 Å². The lowest BCUT2D eigenvalue weighted by Gasteiger charge is -2.21. The minimum atomic E-state index is -0.211. The lowest BCUT2D eigenvalue weighted by atomic mass is 10.0. The monoisotopic (exact) mass is 232 g/mol. The van der Waals surface area contributed by atoms with Gasteiger partial charge in [-0.05, 0) is 37.5 Å². The average molecular weight is 232 g/mol. The zero-order valence-corrected chi connectivity index (χ0v) is 9.99. The molecule has 1 saturated carbocycles. The number of hydrogen-bond donors (Lipinski definition) is 1. The maximum atomic E-state index is 12.8. The normalized spacial score (nSPS) is 25.5. The highest BCUT2D eigenvalue weighted by Gasteiger charge is 2.28. The molecule has 0 amide bonds. The van der Waals surface area contributed by atoms with E-state index in [4.69, 9.17) is 5.26 Å². The van der Waals surface area contributed by atoms with Crippen LogP contribution in [0.15, 0.2) is 24.3 Å². The van der Waals surface area contributed by atoms with E-state index in [0.29, 0.717) is 0 Å². The Labute approximate surface area is 101 Å². The molecule has 1 aromatic carbocycles. The van der Waals surface area contributed by atoms with Crippen LogP contribution in [-0.4, -0.2) is 6.04 Å². The fourth-order valence-corrected chi connectivity index (χ4v) is 2.48. The van der Waals surface area contributed by atoms with Crippen LogP contribution in [0, 0.1) is 23.1 Å². The summed E-state index contributed by atoms with van der Waals surface area (Å²) >= 11 is 0. The largest absolute Gasteiger partial charge is 0.306 e. The SMILES string of the molecule is C[C@@H](NC1CCCC1C#N)c1ccc(F)cc1. The molecule has 0 bridgehead atoms. The lowest BCUT2D eigenvalue weighted by molar-refractivity contribution is 0.417. The van der Waals surface area contributed by atoms with Gasteiger partial charge in [-0.15, -0.1) is 0 Å². The van der Waals surface area contributed by atoms with Crippen molar-refractivity contribution in [3.05, 3.63) is 35.6 Å². The summed E-state index contributed by atoms with van der Waals surface area (Å²) in [5.41, 5.74) is 1.06. The van der Waals surface area contributed by atoms with Crippen molar-refractivity contribution in [3.63, 3.8) is 0 Å². The van der Waals surface area contributed by atoms with Gasteiger partial charge in [0.25, 0.3) is 0 Å². The van der Waals surface area contributed by atoms with E-state index in [1.807, 2.05) is 0 Å². The molecule has 0 spiro atoms. The summed E-state index contributed by atoms with van der Waals surface area (Å²) in [5.74, 6) is -0.0883. The number of nitrogens with zero attached hydrogens (tertiary/aromatic N) is 1. The quantitative estimate of drug-likeness (QED) is 0.868. The van der Waals surface area contributed by atoms with E-state index in [2.05, 4.69) is 18.3 Å². The van der Waals surface area contributed by atoms with Crippen LogP contribution in [0.3, 0.4) is 0 Å². The summed E-state index contributed by atoms with van der Waals surface area (Å²) < 4.78 is 12.8. The van der Waals surface area contributed by atoms with Crippen LogP contribution in [0.5, 0.6) is 0 Å². The molecule has 2 unspecified atom stereocenters. The van der Waals surface area contributed by atoms with E-state index >= 15 is 0 Å². The molecule has 3 heteroatoms. The zero-order chi connectivity index (χ0) is 12.3. The van der Waals surface area contributed by atoms with Crippen molar-refractivity contribution in [1.82, 2.24) is 5.32 Å². The Bertz CT molecular complexity index is 407. The van der Waals surface area contributed by atoms with Crippen molar-refractivity contribution in [2.45, 2.75) is 38.3 Å². The van der Waals surface area contributed by atoms with E-state index < -0.39 is 0 Å². The molecule has 1 N–H and O–H groups in total. The smallest absolute Gasteiger partial charge is 0.123 e. The number of nitrogens with one attached hydrogen (secondary N) is 1. The fourth-order valence-electron chi connectivity index (χ4n) is 2.48. The first-order valence-corrected chi connectivity index (χ1v) is 6.12. The van der Waals surface area contributed by atoms with E-state index in [1.165, 1.54) is 12.1 Å². The van der Waals surface area contributed by atoms with E-state index in [0.717, 1.165) is 24.8 Å². The van der Waals surface area contributed by atoms with Crippen LogP contribution >= 0.6 is 0 Å². The number of halogens is 1. The first-order chi connectivity index (χ1) is 8.20. The Morgan fingerprint density at radius 2 is 2.06 bits per heavy atom. The highest BCUT2D eigenvalue weighted by atomic mass is 19.1. The highest BCUT2D eigenvalue weighted by Crippen LogP contribution is 2.27. The fraction of sp³-hybridized carbons (Fsp3) is 0.500. The van der Waals surface area contributed by atoms with Crippen LogP contribution in [0.1, 0.15) is 37.8 Å². The Kier molecular flexibility index (Phi) is 3.75. The summed E-state index contributed by atoms with van der Waals surface area (Å²) in [6.07, 6.45) is 3.17. The highest BCUT2D eigenvalue weighted by molar-refractivity contribution is 5.19. The number of rotatable bonds is 3. The van der Waals surface area contributed by atoms with Gasteiger partial charge in [0, 0.05) is 12.1 Å². The predicted octanol–water partition coefficient (Wildman–Crippen LogP) is 3.17. The van der Waals surface area contributed by atoms with Gasteiger partial charge in [-0.25, -0.2) is 4.39 Å². The van der Waals surface area contributed by atoms with Crippen molar-refractivity contribution in [3.8, 4) is 6.07 Å². The second kappa shape index (κ2) is 5.29. The van der Waals surface area contributed by atoms with Crippen LogP contribution in [0.4, 0.5) is 4.39 Å². The molecule has 1 aliphatic carbocycles. The van der Waals surface area contributed by atoms with Gasteiger partial charge >= 0.3 is 0 Å². The Balaban J connectivity index is 1.99. The molecule has 0 aromatic heterocycles. The van der Waals surface area contributed by atoms with Crippen molar-refractivity contribution in [2.24, 2.45) is 5.92 Å². The van der Waals surface area contributed by atoms with Crippen LogP contribution in [-0.2, 0) is 0 Å². The van der Waals surface area contributed by atoms with Gasteiger partial charge in [0.2, 0.25) is 0 Å². The Hall–Kier alpha value is -1.40. The maximum Gasteiger partial charge on any atom is 0.123 e. The third kappa shape index (κ3) is 2.83. The van der Waals surface area contributed by atoms with E-state index in [-0.39, 0.29) is 23.8 Å². The number of hydrogen-bond acceptors (Lipinski definition) is 2. The maximum absolute atomic E-state index is 12.8. The molecule has 3 atom stereocenters. The molecule has 1 aromatic rings. The molecule has 1 aliphatic rings. The summed E-state index contributed by atoms with van der Waals surface area (Å²) in [5, 5.41) is 12.5. The Morgan fingerprint density at radius 1 is 1.35 bits per heavy atom. The van der Waals surface area contributed by atoms with Gasteiger partial charge in [-0.3, -0.25) is 0 Å². The summed E-state index contributed by atoms with van der Waals surface area (Å²) in [6, 6.07) is 9.34. The molecule has 0 aliphatic heterocycles. The van der Waals surface area contributed by atoms with Crippen LogP contribution in [0.2, 0.25) is 0 Å². The van der Waals surface area contributed by atoms with Gasteiger partial charge in [0.05, 0.1) is 12.0 Å². The third-order valence-corrected chi connectivity index (χ3v) is 3.52. The van der Waals surface area contributed by atoms with Gasteiger partial charge in [0.15, 0.2) is 0 Å². The molecule has 90 valence electrons. The van der Waals surface area contributed by atoms with Crippen molar-refractivity contribution >= 4 is 0 Å². The Morgan fingerprint density at radius 3 is 2.71 bits per heavy atom. The molecule has 0 radical (unpaired) electrons. The first-order valence-electron chi connectivity index (χ1n) is 6.12. The third-order valence-electron chi connectivity index (χ3n) is 3.52. The first kappa shape index (κ1) is 12.1. The topological polar surface area (TPSA) is 35.8 Å². The molecule has 1 fully saturated rings. The van der Waals surface area contributed by atoms with Crippen molar-refractivity contribution in [1.29, 1.82) is 5.26 Å². The molecule has 0 heterocycles. The second-order valence-corrected chi connectivity index (χ2v) is 4.71. The lowest BCUT2D eigenvalue weighted by Crippen LogP contribution is -2.33.